The molecule has 1 heterocycles. The lowest BCUT2D eigenvalue weighted by molar-refractivity contribution is -0.386. The van der Waals surface area contributed by atoms with E-state index in [4.69, 9.17) is 0 Å². The van der Waals surface area contributed by atoms with Crippen LogP contribution in [0.5, 0.6) is 0 Å². The van der Waals surface area contributed by atoms with Crippen LogP contribution in [0.15, 0.2) is 41.1 Å². The molecule has 2 rings (SSSR count). The smallest absolute Gasteiger partial charge is 0.258 e. The highest BCUT2D eigenvalue weighted by Gasteiger charge is 2.20. The summed E-state index contributed by atoms with van der Waals surface area (Å²) in [5, 5.41) is 11.0. The van der Waals surface area contributed by atoms with Gasteiger partial charge in [-0.25, -0.2) is 9.37 Å². The third-order valence-electron chi connectivity index (χ3n) is 2.48. The Balaban J connectivity index is 2.44. The van der Waals surface area contributed by atoms with E-state index in [1.54, 1.807) is 18.2 Å². The summed E-state index contributed by atoms with van der Waals surface area (Å²) in [5.41, 5.74) is 0.714. The zero-order chi connectivity index (χ0) is 13.1. The summed E-state index contributed by atoms with van der Waals surface area (Å²) in [6.07, 6.45) is 1.61. The van der Waals surface area contributed by atoms with Crippen molar-refractivity contribution >= 4 is 21.6 Å². The summed E-state index contributed by atoms with van der Waals surface area (Å²) < 4.78 is 13.7. The summed E-state index contributed by atoms with van der Waals surface area (Å²) in [4.78, 5) is 14.2. The number of halogens is 2. The van der Waals surface area contributed by atoms with Crippen molar-refractivity contribution in [3.05, 3.63) is 68.2 Å². The van der Waals surface area contributed by atoms with Gasteiger partial charge in [0.2, 0.25) is 0 Å². The molecule has 0 saturated heterocycles. The quantitative estimate of drug-likeness (QED) is 0.495. The molecule has 6 heteroatoms. The van der Waals surface area contributed by atoms with Gasteiger partial charge >= 0.3 is 5.69 Å². The molecule has 0 aliphatic heterocycles. The van der Waals surface area contributed by atoms with Crippen LogP contribution in [0.4, 0.5) is 10.1 Å². The largest absolute Gasteiger partial charge is 0.305 e. The fraction of sp³-hybridized carbons (Fsp3) is 0.0833. The standard InChI is InChI=1S/C12H8BrFN2O2/c13-12-11(16(17)18)9(5-6-15-12)7-8-3-1-2-4-10(8)14/h1-6H,7H2. The second-order valence-corrected chi connectivity index (χ2v) is 4.39. The van der Waals surface area contributed by atoms with E-state index in [0.29, 0.717) is 11.1 Å². The minimum absolute atomic E-state index is 0.124. The second kappa shape index (κ2) is 5.22. The molecule has 0 aliphatic rings. The van der Waals surface area contributed by atoms with Crippen LogP contribution in [0.1, 0.15) is 11.1 Å². The molecule has 18 heavy (non-hydrogen) atoms. The first-order valence-corrected chi connectivity index (χ1v) is 5.90. The second-order valence-electron chi connectivity index (χ2n) is 3.63. The molecule has 92 valence electrons. The van der Waals surface area contributed by atoms with Crippen LogP contribution in [-0.2, 0) is 6.42 Å². The molecule has 0 bridgehead atoms. The van der Waals surface area contributed by atoms with Gasteiger partial charge < -0.3 is 0 Å². The predicted molar refractivity (Wildman–Crippen MR) is 67.8 cm³/mol. The minimum atomic E-state index is -0.521. The third-order valence-corrected chi connectivity index (χ3v) is 3.06. The SMILES string of the molecule is O=[N+]([O-])c1c(Cc2ccccc2F)ccnc1Br. The van der Waals surface area contributed by atoms with Gasteiger partial charge in [0, 0.05) is 18.2 Å². The molecule has 1 aromatic heterocycles. The van der Waals surface area contributed by atoms with E-state index in [0.717, 1.165) is 0 Å². The van der Waals surface area contributed by atoms with Crippen molar-refractivity contribution in [2.24, 2.45) is 0 Å². The monoisotopic (exact) mass is 310 g/mol. The number of pyridine rings is 1. The van der Waals surface area contributed by atoms with Crippen molar-refractivity contribution in [1.82, 2.24) is 4.98 Å². The van der Waals surface area contributed by atoms with E-state index in [-0.39, 0.29) is 22.5 Å². The number of rotatable bonds is 3. The minimum Gasteiger partial charge on any atom is -0.258 e. The Bertz CT molecular complexity index is 604. The Morgan fingerprint density at radius 1 is 1.28 bits per heavy atom. The van der Waals surface area contributed by atoms with Gasteiger partial charge in [0.25, 0.3) is 0 Å². The number of hydrogen-bond donors (Lipinski definition) is 0. The van der Waals surface area contributed by atoms with E-state index in [1.807, 2.05) is 0 Å². The summed E-state index contributed by atoms with van der Waals surface area (Å²) in [6.45, 7) is 0. The van der Waals surface area contributed by atoms with Crippen LogP contribution in [0.3, 0.4) is 0 Å². The molecule has 1 aromatic carbocycles. The number of nitro groups is 1. The first kappa shape index (κ1) is 12.6. The number of nitrogens with zero attached hydrogens (tertiary/aromatic N) is 2. The van der Waals surface area contributed by atoms with E-state index < -0.39 is 4.92 Å². The molecule has 0 atom stereocenters. The first-order chi connectivity index (χ1) is 8.59. The Hall–Kier alpha value is -1.82. The zero-order valence-corrected chi connectivity index (χ0v) is 10.7. The summed E-state index contributed by atoms with van der Waals surface area (Å²) >= 11 is 3.03. The molecule has 0 amide bonds. The third kappa shape index (κ3) is 2.53. The van der Waals surface area contributed by atoms with Crippen LogP contribution in [0, 0.1) is 15.9 Å². The fourth-order valence-corrected chi connectivity index (χ4v) is 2.17. The van der Waals surface area contributed by atoms with Crippen LogP contribution in [-0.4, -0.2) is 9.91 Å². The van der Waals surface area contributed by atoms with E-state index in [1.165, 1.54) is 18.3 Å². The molecule has 0 fully saturated rings. The Labute approximate surface area is 111 Å². The molecular weight excluding hydrogens is 303 g/mol. The Morgan fingerprint density at radius 2 is 2.00 bits per heavy atom. The summed E-state index contributed by atoms with van der Waals surface area (Å²) in [7, 11) is 0. The predicted octanol–water partition coefficient (Wildman–Crippen LogP) is 3.48. The highest BCUT2D eigenvalue weighted by atomic mass is 79.9. The summed E-state index contributed by atoms with van der Waals surface area (Å²) in [6, 6.07) is 7.73. The van der Waals surface area contributed by atoms with Gasteiger partial charge in [0.1, 0.15) is 5.82 Å². The number of aromatic nitrogens is 1. The molecule has 2 aromatic rings. The first-order valence-electron chi connectivity index (χ1n) is 5.10. The van der Waals surface area contributed by atoms with Gasteiger partial charge in [-0.15, -0.1) is 0 Å². The Kier molecular flexibility index (Phi) is 3.66. The van der Waals surface area contributed by atoms with Crippen molar-refractivity contribution in [1.29, 1.82) is 0 Å². The van der Waals surface area contributed by atoms with Gasteiger partial charge in [0.05, 0.1) is 4.92 Å². The van der Waals surface area contributed by atoms with Crippen LogP contribution in [0.25, 0.3) is 0 Å². The number of benzene rings is 1. The van der Waals surface area contributed by atoms with Crippen molar-refractivity contribution in [3.8, 4) is 0 Å². The average molecular weight is 311 g/mol. The molecule has 0 radical (unpaired) electrons. The number of hydrogen-bond acceptors (Lipinski definition) is 3. The molecule has 0 unspecified atom stereocenters. The van der Waals surface area contributed by atoms with Crippen LogP contribution in [0.2, 0.25) is 0 Å². The average Bonchev–Trinajstić information content (AvgIpc) is 2.31. The van der Waals surface area contributed by atoms with Crippen LogP contribution < -0.4 is 0 Å². The topological polar surface area (TPSA) is 56.0 Å². The van der Waals surface area contributed by atoms with Crippen molar-refractivity contribution in [2.75, 3.05) is 0 Å². The lowest BCUT2D eigenvalue weighted by Crippen LogP contribution is -2.00. The lowest BCUT2D eigenvalue weighted by atomic mass is 10.0. The highest BCUT2D eigenvalue weighted by Crippen LogP contribution is 2.28. The molecule has 0 spiro atoms. The van der Waals surface area contributed by atoms with Gasteiger partial charge in [-0.05, 0) is 33.6 Å². The molecule has 0 aliphatic carbocycles. The maximum Gasteiger partial charge on any atom is 0.305 e. The fourth-order valence-electron chi connectivity index (χ4n) is 1.65. The van der Waals surface area contributed by atoms with E-state index >= 15 is 0 Å². The maximum absolute atomic E-state index is 13.5. The van der Waals surface area contributed by atoms with Gasteiger partial charge in [-0.2, -0.15) is 0 Å². The van der Waals surface area contributed by atoms with E-state index in [2.05, 4.69) is 20.9 Å². The molecule has 0 N–H and O–H groups in total. The molecular formula is C12H8BrFN2O2. The van der Waals surface area contributed by atoms with Crippen LogP contribution >= 0.6 is 15.9 Å². The van der Waals surface area contributed by atoms with Crippen molar-refractivity contribution < 1.29 is 9.31 Å². The zero-order valence-electron chi connectivity index (χ0n) is 9.14. The van der Waals surface area contributed by atoms with Crippen molar-refractivity contribution in [2.45, 2.75) is 6.42 Å². The maximum atomic E-state index is 13.5. The van der Waals surface area contributed by atoms with Gasteiger partial charge in [-0.3, -0.25) is 10.1 Å². The van der Waals surface area contributed by atoms with E-state index in [9.17, 15) is 14.5 Å². The normalized spacial score (nSPS) is 10.3. The van der Waals surface area contributed by atoms with Gasteiger partial charge in [0.15, 0.2) is 4.60 Å². The lowest BCUT2D eigenvalue weighted by Gasteiger charge is -2.05. The summed E-state index contributed by atoms with van der Waals surface area (Å²) in [5.74, 6) is -0.375. The Morgan fingerprint density at radius 3 is 2.67 bits per heavy atom. The van der Waals surface area contributed by atoms with Gasteiger partial charge in [-0.1, -0.05) is 18.2 Å². The van der Waals surface area contributed by atoms with Crippen molar-refractivity contribution in [3.63, 3.8) is 0 Å². The molecule has 0 saturated carbocycles. The molecule has 4 nitrogen and oxygen atoms in total. The highest BCUT2D eigenvalue weighted by molar-refractivity contribution is 9.10.